The number of fused-ring (bicyclic) bond motifs is 9. The van der Waals surface area contributed by atoms with E-state index in [0.717, 1.165) is 91.7 Å². The second-order valence-electron chi connectivity index (χ2n) is 9.44. The van der Waals surface area contributed by atoms with Gasteiger partial charge in [0.05, 0.1) is 80.7 Å². The summed E-state index contributed by atoms with van der Waals surface area (Å²) >= 11 is 30.3. The maximum absolute atomic E-state index is 5.01. The first-order valence-corrected chi connectivity index (χ1v) is 18.5. The molecule has 7 rings (SSSR count). The molecule has 215 valence electrons. The molecule has 0 saturated heterocycles. The molecule has 0 saturated carbocycles. The maximum atomic E-state index is 5.01. The van der Waals surface area contributed by atoms with Crippen LogP contribution in [0.25, 0.3) is 56.5 Å². The van der Waals surface area contributed by atoms with Crippen molar-refractivity contribution in [3.8, 4) is 5.69 Å². The molecule has 2 aliphatic rings. The van der Waals surface area contributed by atoms with Crippen LogP contribution >= 0.6 is 127 Å². The van der Waals surface area contributed by atoms with Gasteiger partial charge in [-0.15, -0.1) is 0 Å². The van der Waals surface area contributed by atoms with E-state index in [2.05, 4.69) is 192 Å². The zero-order valence-electron chi connectivity index (χ0n) is 21.1. The fraction of sp³-hybridized carbons (Fsp3) is 0. The molecule has 0 spiro atoms. The Morgan fingerprint density at radius 1 is 0.488 bits per heavy atom. The van der Waals surface area contributed by atoms with Crippen LogP contribution in [0.1, 0.15) is 22.8 Å². The molecule has 1 radical (unpaired) electrons. The van der Waals surface area contributed by atoms with Gasteiger partial charge >= 0.3 is 0 Å². The van der Waals surface area contributed by atoms with Crippen LogP contribution in [0.15, 0.2) is 84.6 Å². The Hall–Kier alpha value is -0.341. The molecule has 0 fully saturated rings. The molecule has 0 aliphatic carbocycles. The number of H-pyrrole nitrogens is 1. The van der Waals surface area contributed by atoms with E-state index in [1.807, 2.05) is 12.1 Å². The maximum Gasteiger partial charge on any atom is 0.0812 e. The second-order valence-corrected chi connectivity index (χ2v) is 15.8. The Balaban J connectivity index is 0.00000329. The minimum atomic E-state index is 0. The van der Waals surface area contributed by atoms with E-state index in [-0.39, 0.29) is 17.1 Å². The van der Waals surface area contributed by atoms with Crippen LogP contribution in [0.3, 0.4) is 0 Å². The van der Waals surface area contributed by atoms with Crippen molar-refractivity contribution < 1.29 is 17.1 Å². The molecule has 5 aromatic rings. The van der Waals surface area contributed by atoms with Crippen molar-refractivity contribution in [3.63, 3.8) is 0 Å². The summed E-state index contributed by atoms with van der Waals surface area (Å²) in [6.07, 6.45) is 0. The fourth-order valence-corrected chi connectivity index (χ4v) is 8.38. The first-order valence-electron chi connectivity index (χ1n) is 12.2. The molecule has 2 aliphatic heterocycles. The first kappa shape index (κ1) is 32.6. The SMILES string of the molecule is BrC1=C(Br)c2cc3c(Br)c(Br)c(cc4nc(cc5[nH]c(cc1n2)c(Br)c5Br)C(Br)=C4Br)n3-c1ccc2ccccc2c1.[Mn]. The summed E-state index contributed by atoms with van der Waals surface area (Å²) in [4.78, 5) is 13.5. The summed E-state index contributed by atoms with van der Waals surface area (Å²) in [6, 6.07) is 23.0. The molecule has 3 aromatic heterocycles. The number of nitrogens with one attached hydrogen (secondary N) is 1. The van der Waals surface area contributed by atoms with E-state index in [1.54, 1.807) is 0 Å². The van der Waals surface area contributed by atoms with Crippen molar-refractivity contribution in [2.24, 2.45) is 0 Å². The van der Waals surface area contributed by atoms with Gasteiger partial charge in [-0.2, -0.15) is 0 Å². The number of rotatable bonds is 1. The Labute approximate surface area is 323 Å². The van der Waals surface area contributed by atoms with Gasteiger partial charge in [0, 0.05) is 22.8 Å². The summed E-state index contributed by atoms with van der Waals surface area (Å²) in [5.41, 5.74) is 7.73. The summed E-state index contributed by atoms with van der Waals surface area (Å²) in [6.45, 7) is 0. The van der Waals surface area contributed by atoms with Gasteiger partial charge in [-0.3, -0.25) is 0 Å². The van der Waals surface area contributed by atoms with Gasteiger partial charge in [0.1, 0.15) is 0 Å². The van der Waals surface area contributed by atoms with Gasteiger partial charge in [-0.25, -0.2) is 9.97 Å². The first-order chi connectivity index (χ1) is 20.1. The van der Waals surface area contributed by atoms with Crippen LogP contribution in [-0.2, 0) is 17.1 Å². The number of aromatic amines is 1. The zero-order chi connectivity index (χ0) is 29.4. The van der Waals surface area contributed by atoms with Crippen LogP contribution in [0, 0.1) is 0 Å². The number of aromatic nitrogens is 4. The van der Waals surface area contributed by atoms with Gasteiger partial charge in [0.15, 0.2) is 0 Å². The predicted octanol–water partition coefficient (Wildman–Crippen LogP) is 13.2. The average molecular weight is 1120 g/mol. The van der Waals surface area contributed by atoms with E-state index in [4.69, 9.17) is 9.97 Å². The molecular formula is C30H12Br8MnN4. The third-order valence-electron chi connectivity index (χ3n) is 6.93. The van der Waals surface area contributed by atoms with E-state index in [0.29, 0.717) is 0 Å². The Bertz CT molecular complexity index is 2140. The van der Waals surface area contributed by atoms with Crippen LogP contribution in [0.2, 0.25) is 0 Å². The van der Waals surface area contributed by atoms with Crippen molar-refractivity contribution in [2.45, 2.75) is 0 Å². The normalized spacial score (nSPS) is 13.2. The van der Waals surface area contributed by atoms with Gasteiger partial charge in [-0.1, -0.05) is 30.3 Å². The Morgan fingerprint density at radius 3 is 1.42 bits per heavy atom. The molecule has 0 unspecified atom stereocenters. The van der Waals surface area contributed by atoms with E-state index in [1.165, 1.54) is 5.39 Å². The topological polar surface area (TPSA) is 46.5 Å². The van der Waals surface area contributed by atoms with Gasteiger partial charge < -0.3 is 9.55 Å². The van der Waals surface area contributed by atoms with Crippen LogP contribution in [-0.4, -0.2) is 19.5 Å². The summed E-state index contributed by atoms with van der Waals surface area (Å²) < 4.78 is 9.25. The monoisotopic (exact) mass is 1110 g/mol. The molecule has 5 heterocycles. The standard InChI is InChI=1S/C30H12Br8N4.Mn/c31-23-15-8-17-25(33)27(35)19(40-17)10-21-29(37)30(38)22(42(21)14-6-5-12-3-1-2-4-13(12)7-14)11-20-28(36)26(34)18(41-20)9-16(39-15)24(23)32;/h1-11,39H;. The quantitative estimate of drug-likeness (QED) is 0.170. The number of hydrogen-bond donors (Lipinski definition) is 1. The smallest absolute Gasteiger partial charge is 0.0812 e. The molecule has 2 aromatic carbocycles. The molecular weight excluding hydrogens is 1110 g/mol. The van der Waals surface area contributed by atoms with Gasteiger partial charge in [-0.05, 0) is 175 Å². The minimum Gasteiger partial charge on any atom is -0.353 e. The van der Waals surface area contributed by atoms with Crippen molar-refractivity contribution in [3.05, 3.63) is 107 Å². The molecule has 43 heavy (non-hydrogen) atoms. The van der Waals surface area contributed by atoms with Crippen molar-refractivity contribution >= 4 is 178 Å². The third kappa shape index (κ3) is 5.65. The van der Waals surface area contributed by atoms with Gasteiger partial charge in [0.2, 0.25) is 0 Å². The molecule has 4 nitrogen and oxygen atoms in total. The average Bonchev–Trinajstić information content (AvgIpc) is 3.59. The molecule has 8 bridgehead atoms. The van der Waals surface area contributed by atoms with Crippen LogP contribution in [0.5, 0.6) is 0 Å². The van der Waals surface area contributed by atoms with Crippen molar-refractivity contribution in [2.75, 3.05) is 0 Å². The molecule has 0 atom stereocenters. The number of hydrogen-bond acceptors (Lipinski definition) is 2. The fourth-order valence-electron chi connectivity index (χ4n) is 4.91. The number of nitrogens with zero attached hydrogens (tertiary/aromatic N) is 3. The van der Waals surface area contributed by atoms with Crippen LogP contribution < -0.4 is 0 Å². The third-order valence-corrected chi connectivity index (χ3v) is 15.5. The van der Waals surface area contributed by atoms with Gasteiger partial charge in [0.25, 0.3) is 0 Å². The van der Waals surface area contributed by atoms with E-state index >= 15 is 0 Å². The van der Waals surface area contributed by atoms with E-state index in [9.17, 15) is 0 Å². The minimum absolute atomic E-state index is 0. The Morgan fingerprint density at radius 2 is 0.930 bits per heavy atom. The second kappa shape index (κ2) is 12.7. The van der Waals surface area contributed by atoms with Crippen molar-refractivity contribution in [1.29, 1.82) is 0 Å². The van der Waals surface area contributed by atoms with Crippen LogP contribution in [0.4, 0.5) is 0 Å². The number of benzene rings is 2. The Kier molecular flexibility index (Phi) is 9.62. The molecule has 1 N–H and O–H groups in total. The van der Waals surface area contributed by atoms with E-state index < -0.39 is 0 Å². The summed E-state index contributed by atoms with van der Waals surface area (Å²) in [5, 5.41) is 2.32. The largest absolute Gasteiger partial charge is 0.353 e. The van der Waals surface area contributed by atoms with Crippen molar-refractivity contribution in [1.82, 2.24) is 19.5 Å². The molecule has 13 heteroatoms. The number of halogens is 8. The summed E-state index contributed by atoms with van der Waals surface area (Å²) in [7, 11) is 0. The summed E-state index contributed by atoms with van der Waals surface area (Å²) in [5.74, 6) is 0. The predicted molar refractivity (Wildman–Crippen MR) is 204 cm³/mol. The molecule has 0 amide bonds. The zero-order valence-corrected chi connectivity index (χ0v) is 35.0.